The van der Waals surface area contributed by atoms with Crippen molar-refractivity contribution in [1.29, 1.82) is 0 Å². The van der Waals surface area contributed by atoms with Crippen LogP contribution in [0.5, 0.6) is 0 Å². The number of hydrogen-bond acceptors (Lipinski definition) is 5. The fourth-order valence-electron chi connectivity index (χ4n) is 3.78. The Morgan fingerprint density at radius 1 is 0.970 bits per heavy atom. The summed E-state index contributed by atoms with van der Waals surface area (Å²) in [6.07, 6.45) is 0.673. The molecule has 1 aliphatic heterocycles. The summed E-state index contributed by atoms with van der Waals surface area (Å²) in [5, 5.41) is 4.03. The highest BCUT2D eigenvalue weighted by molar-refractivity contribution is 7.89. The number of hydrogen-bond donors (Lipinski definition) is 0. The van der Waals surface area contributed by atoms with Crippen molar-refractivity contribution in [3.05, 3.63) is 74.7 Å². The number of anilines is 1. The molecule has 0 spiro atoms. The fourth-order valence-corrected chi connectivity index (χ4v) is 6.40. The number of thiazole rings is 1. The lowest BCUT2D eigenvalue weighted by Gasteiger charge is -2.33. The van der Waals surface area contributed by atoms with Gasteiger partial charge < -0.3 is 4.90 Å². The lowest BCUT2D eigenvalue weighted by atomic mass is 9.87. The van der Waals surface area contributed by atoms with Gasteiger partial charge in [-0.25, -0.2) is 13.4 Å². The van der Waals surface area contributed by atoms with E-state index in [9.17, 15) is 8.42 Å². The summed E-state index contributed by atoms with van der Waals surface area (Å²) in [5.74, 6) is 0. The molecule has 3 aromatic rings. The minimum absolute atomic E-state index is 0.0136. The Morgan fingerprint density at radius 3 is 2.24 bits per heavy atom. The van der Waals surface area contributed by atoms with Gasteiger partial charge >= 0.3 is 0 Å². The van der Waals surface area contributed by atoms with Crippen LogP contribution in [0.15, 0.2) is 52.7 Å². The van der Waals surface area contributed by atoms with Crippen LogP contribution in [0.4, 0.5) is 5.13 Å². The van der Waals surface area contributed by atoms with Crippen LogP contribution >= 0.6 is 34.5 Å². The van der Waals surface area contributed by atoms with E-state index in [2.05, 4.69) is 25.7 Å². The van der Waals surface area contributed by atoms with E-state index in [4.69, 9.17) is 28.2 Å². The zero-order chi connectivity index (χ0) is 23.8. The second-order valence-corrected chi connectivity index (χ2v) is 12.8. The van der Waals surface area contributed by atoms with Crippen molar-refractivity contribution >= 4 is 49.7 Å². The highest BCUT2D eigenvalue weighted by Gasteiger charge is 2.29. The zero-order valence-electron chi connectivity index (χ0n) is 18.9. The molecule has 0 radical (unpaired) electrons. The summed E-state index contributed by atoms with van der Waals surface area (Å²) in [5.41, 5.74) is 3.11. The van der Waals surface area contributed by atoms with Gasteiger partial charge in [-0.15, -0.1) is 11.3 Å². The average Bonchev–Trinajstić information content (AvgIpc) is 3.24. The zero-order valence-corrected chi connectivity index (χ0v) is 22.0. The van der Waals surface area contributed by atoms with Gasteiger partial charge in [-0.3, -0.25) is 0 Å². The fraction of sp³-hybridized carbons (Fsp3) is 0.375. The maximum absolute atomic E-state index is 13.1. The Morgan fingerprint density at radius 2 is 1.64 bits per heavy atom. The van der Waals surface area contributed by atoms with E-state index in [0.29, 0.717) is 47.5 Å². The number of sulfonamides is 1. The summed E-state index contributed by atoms with van der Waals surface area (Å²) in [4.78, 5) is 7.26. The number of benzene rings is 2. The lowest BCUT2D eigenvalue weighted by Crippen LogP contribution is -2.48. The van der Waals surface area contributed by atoms with Crippen molar-refractivity contribution in [3.8, 4) is 0 Å². The van der Waals surface area contributed by atoms with E-state index in [0.717, 1.165) is 22.0 Å². The van der Waals surface area contributed by atoms with Crippen LogP contribution in [0, 0.1) is 0 Å². The van der Waals surface area contributed by atoms with E-state index in [1.165, 1.54) is 0 Å². The number of rotatable bonds is 5. The first kappa shape index (κ1) is 24.5. The van der Waals surface area contributed by atoms with Crippen molar-refractivity contribution in [2.45, 2.75) is 37.5 Å². The molecule has 0 saturated carbocycles. The molecule has 1 aliphatic rings. The van der Waals surface area contributed by atoms with Gasteiger partial charge in [-0.1, -0.05) is 62.2 Å². The second-order valence-electron chi connectivity index (χ2n) is 9.21. The predicted molar refractivity (Wildman–Crippen MR) is 137 cm³/mol. The van der Waals surface area contributed by atoms with E-state index < -0.39 is 10.0 Å². The van der Waals surface area contributed by atoms with Gasteiger partial charge in [0.05, 0.1) is 20.6 Å². The summed E-state index contributed by atoms with van der Waals surface area (Å²) >= 11 is 13.7. The Hall–Kier alpha value is -1.64. The molecule has 0 atom stereocenters. The third-order valence-corrected chi connectivity index (χ3v) is 9.38. The van der Waals surface area contributed by atoms with Gasteiger partial charge in [0.25, 0.3) is 0 Å². The minimum Gasteiger partial charge on any atom is -0.345 e. The molecule has 0 amide bonds. The van der Waals surface area contributed by atoms with Crippen molar-refractivity contribution in [3.63, 3.8) is 0 Å². The van der Waals surface area contributed by atoms with Gasteiger partial charge in [0.1, 0.15) is 0 Å². The molecule has 0 aliphatic carbocycles. The van der Waals surface area contributed by atoms with Crippen LogP contribution < -0.4 is 4.90 Å². The van der Waals surface area contributed by atoms with Gasteiger partial charge in [-0.05, 0) is 40.8 Å². The molecular formula is C24H27Cl2N3O2S2. The van der Waals surface area contributed by atoms with Gasteiger partial charge in [-0.2, -0.15) is 4.31 Å². The molecular weight excluding hydrogens is 497 g/mol. The summed E-state index contributed by atoms with van der Waals surface area (Å²) in [7, 11) is -3.51. The van der Waals surface area contributed by atoms with Crippen LogP contribution in [0.1, 0.15) is 37.6 Å². The molecule has 2 heterocycles. The monoisotopic (exact) mass is 523 g/mol. The van der Waals surface area contributed by atoms with E-state index >= 15 is 0 Å². The average molecular weight is 525 g/mol. The molecule has 4 rings (SSSR count). The number of halogens is 2. The van der Waals surface area contributed by atoms with E-state index in [1.807, 2.05) is 29.6 Å². The smallest absolute Gasteiger partial charge is 0.243 e. The minimum atomic E-state index is -3.51. The third-order valence-electron chi connectivity index (χ3n) is 5.78. The van der Waals surface area contributed by atoms with Crippen LogP contribution in [-0.4, -0.2) is 43.9 Å². The SMILES string of the molecule is CC(C)(C)c1ccc(S(=O)(=O)N2CCN(c3nc(Cc4ccc(Cl)c(Cl)c4)cs3)CC2)cc1. The van der Waals surface area contributed by atoms with Crippen molar-refractivity contribution < 1.29 is 8.42 Å². The highest BCUT2D eigenvalue weighted by atomic mass is 35.5. The summed E-state index contributed by atoms with van der Waals surface area (Å²) in [6.45, 7) is 8.44. The molecule has 5 nitrogen and oxygen atoms in total. The first-order chi connectivity index (χ1) is 15.5. The second kappa shape index (κ2) is 9.55. The predicted octanol–water partition coefficient (Wildman–Crippen LogP) is 5.85. The van der Waals surface area contributed by atoms with Crippen LogP contribution in [0.25, 0.3) is 0 Å². The quantitative estimate of drug-likeness (QED) is 0.420. The van der Waals surface area contributed by atoms with E-state index in [-0.39, 0.29) is 5.41 Å². The molecule has 0 bridgehead atoms. The molecule has 0 N–H and O–H groups in total. The summed E-state index contributed by atoms with van der Waals surface area (Å²) in [6, 6.07) is 12.9. The van der Waals surface area contributed by atoms with Gasteiger partial charge in [0.15, 0.2) is 5.13 Å². The first-order valence-corrected chi connectivity index (χ1v) is 13.9. The lowest BCUT2D eigenvalue weighted by molar-refractivity contribution is 0.384. The normalized spacial score (nSPS) is 15.7. The number of aromatic nitrogens is 1. The Bertz CT molecular complexity index is 1230. The highest BCUT2D eigenvalue weighted by Crippen LogP contribution is 2.28. The number of nitrogens with zero attached hydrogens (tertiary/aromatic N) is 3. The molecule has 1 fully saturated rings. The Balaban J connectivity index is 1.39. The van der Waals surface area contributed by atoms with Crippen molar-refractivity contribution in [1.82, 2.24) is 9.29 Å². The van der Waals surface area contributed by atoms with Crippen LogP contribution in [0.3, 0.4) is 0 Å². The van der Waals surface area contributed by atoms with Crippen molar-refractivity contribution in [2.75, 3.05) is 31.1 Å². The topological polar surface area (TPSA) is 53.5 Å². The molecule has 1 aromatic heterocycles. The van der Waals surface area contributed by atoms with Crippen LogP contribution in [0.2, 0.25) is 10.0 Å². The third kappa shape index (κ3) is 5.54. The first-order valence-electron chi connectivity index (χ1n) is 10.8. The van der Waals surface area contributed by atoms with Gasteiger partial charge in [0, 0.05) is 38.0 Å². The molecule has 33 heavy (non-hydrogen) atoms. The van der Waals surface area contributed by atoms with Crippen molar-refractivity contribution in [2.24, 2.45) is 0 Å². The Kier molecular flexibility index (Phi) is 7.08. The molecule has 2 aromatic carbocycles. The Labute approximate surface area is 210 Å². The van der Waals surface area contributed by atoms with Crippen LogP contribution in [-0.2, 0) is 21.9 Å². The maximum Gasteiger partial charge on any atom is 0.243 e. The molecule has 1 saturated heterocycles. The standard InChI is InChI=1S/C24H27Cl2N3O2S2/c1-24(2,3)18-5-7-20(8-6-18)33(30,31)29-12-10-28(11-13-29)23-27-19(16-32-23)14-17-4-9-21(25)22(26)15-17/h4-9,15-16H,10-14H2,1-3H3. The molecule has 176 valence electrons. The summed E-state index contributed by atoms with van der Waals surface area (Å²) < 4.78 is 27.8. The molecule has 9 heteroatoms. The van der Waals surface area contributed by atoms with E-state index in [1.54, 1.807) is 33.8 Å². The maximum atomic E-state index is 13.1. The molecule has 0 unspecified atom stereocenters. The number of piperazine rings is 1. The van der Waals surface area contributed by atoms with Gasteiger partial charge in [0.2, 0.25) is 10.0 Å². The largest absolute Gasteiger partial charge is 0.345 e.